The Labute approximate surface area is 139 Å². The molecule has 2 N–H and O–H groups in total. The number of aliphatic hydroxyl groups is 1. The molecular weight excluding hydrogens is 317 g/mol. The molecule has 1 aliphatic carbocycles. The molecule has 3 nitrogen and oxygen atoms in total. The van der Waals surface area contributed by atoms with Crippen molar-refractivity contribution in [2.24, 2.45) is 0 Å². The largest absolute Gasteiger partial charge is 0.392 e. The van der Waals surface area contributed by atoms with Gasteiger partial charge >= 0.3 is 0 Å². The fraction of sp³-hybridized carbons (Fsp3) is 0.278. The molecule has 0 atom stereocenters. The van der Waals surface area contributed by atoms with Gasteiger partial charge in [0.1, 0.15) is 5.82 Å². The number of hydrogen-bond acceptors (Lipinski definition) is 2. The minimum atomic E-state index is -0.468. The van der Waals surface area contributed by atoms with Crippen LogP contribution in [0.5, 0.6) is 0 Å². The molecule has 2 aromatic rings. The molecule has 0 aliphatic heterocycles. The number of benzene rings is 2. The summed E-state index contributed by atoms with van der Waals surface area (Å²) >= 11 is 5.89. The number of amides is 1. The van der Waals surface area contributed by atoms with E-state index in [4.69, 9.17) is 16.7 Å². The number of carbonyl (C=O) groups is 1. The summed E-state index contributed by atoms with van der Waals surface area (Å²) < 4.78 is 13.4. The van der Waals surface area contributed by atoms with Crippen LogP contribution in [0.3, 0.4) is 0 Å². The molecule has 1 saturated carbocycles. The van der Waals surface area contributed by atoms with Crippen molar-refractivity contribution >= 4 is 17.5 Å². The van der Waals surface area contributed by atoms with Gasteiger partial charge in [0.25, 0.3) is 0 Å². The monoisotopic (exact) mass is 333 g/mol. The number of carbonyl (C=O) groups excluding carboxylic acids is 1. The topological polar surface area (TPSA) is 49.3 Å². The van der Waals surface area contributed by atoms with Gasteiger partial charge in [-0.2, -0.15) is 0 Å². The molecule has 3 rings (SSSR count). The van der Waals surface area contributed by atoms with Gasteiger partial charge in [-0.25, -0.2) is 4.39 Å². The zero-order valence-corrected chi connectivity index (χ0v) is 13.2. The third-order valence-corrected chi connectivity index (χ3v) is 4.57. The summed E-state index contributed by atoms with van der Waals surface area (Å²) in [6.45, 7) is -0.0518. The van der Waals surface area contributed by atoms with Gasteiger partial charge in [-0.05, 0) is 48.2 Å². The fourth-order valence-electron chi connectivity index (χ4n) is 2.75. The van der Waals surface area contributed by atoms with E-state index in [-0.39, 0.29) is 18.1 Å². The van der Waals surface area contributed by atoms with Gasteiger partial charge in [0.2, 0.25) is 5.91 Å². The van der Waals surface area contributed by atoms with Crippen LogP contribution in [0, 0.1) is 5.82 Å². The van der Waals surface area contributed by atoms with Crippen LogP contribution < -0.4 is 5.32 Å². The van der Waals surface area contributed by atoms with Gasteiger partial charge in [-0.3, -0.25) is 4.79 Å². The summed E-state index contributed by atoms with van der Waals surface area (Å²) in [7, 11) is 0. The van der Waals surface area contributed by atoms with Crippen LogP contribution in [-0.4, -0.2) is 11.0 Å². The lowest BCUT2D eigenvalue weighted by molar-refractivity contribution is -0.123. The maximum absolute atomic E-state index is 13.4. The third kappa shape index (κ3) is 3.23. The van der Waals surface area contributed by atoms with E-state index in [2.05, 4.69) is 5.32 Å². The van der Waals surface area contributed by atoms with Crippen molar-refractivity contribution in [1.82, 2.24) is 5.32 Å². The molecule has 0 bridgehead atoms. The van der Waals surface area contributed by atoms with Crippen molar-refractivity contribution < 1.29 is 14.3 Å². The first-order valence-electron chi connectivity index (χ1n) is 7.48. The summed E-state index contributed by atoms with van der Waals surface area (Å²) in [4.78, 5) is 12.5. The minimum Gasteiger partial charge on any atom is -0.392 e. The Morgan fingerprint density at radius 3 is 2.52 bits per heavy atom. The average molecular weight is 334 g/mol. The molecule has 1 amide bonds. The maximum atomic E-state index is 13.4. The Balaban J connectivity index is 1.69. The highest BCUT2D eigenvalue weighted by Gasteiger charge is 2.50. The van der Waals surface area contributed by atoms with Crippen molar-refractivity contribution in [3.8, 4) is 0 Å². The summed E-state index contributed by atoms with van der Waals surface area (Å²) in [5.41, 5.74) is 1.49. The second-order valence-electron chi connectivity index (χ2n) is 5.86. The van der Waals surface area contributed by atoms with Gasteiger partial charge in [-0.1, -0.05) is 29.8 Å². The standard InChI is InChI=1S/C18H17ClFNO2/c19-15-4-2-14(3-5-15)18(7-8-18)17(23)21-10-12-1-6-16(20)13(9-12)11-22/h1-6,9,22H,7-8,10-11H2,(H,21,23). The van der Waals surface area contributed by atoms with Crippen molar-refractivity contribution in [2.75, 3.05) is 0 Å². The van der Waals surface area contributed by atoms with Crippen LogP contribution in [0.4, 0.5) is 4.39 Å². The highest BCUT2D eigenvalue weighted by molar-refractivity contribution is 6.30. The van der Waals surface area contributed by atoms with Crippen LogP contribution in [-0.2, 0) is 23.4 Å². The van der Waals surface area contributed by atoms with Crippen LogP contribution in [0.1, 0.15) is 29.5 Å². The molecule has 0 unspecified atom stereocenters. The second-order valence-corrected chi connectivity index (χ2v) is 6.29. The molecule has 0 heterocycles. The smallest absolute Gasteiger partial charge is 0.230 e. The molecule has 5 heteroatoms. The molecule has 0 saturated heterocycles. The van der Waals surface area contributed by atoms with Gasteiger partial charge < -0.3 is 10.4 Å². The number of rotatable bonds is 5. The molecule has 23 heavy (non-hydrogen) atoms. The van der Waals surface area contributed by atoms with Gasteiger partial charge in [0.15, 0.2) is 0 Å². The number of nitrogens with one attached hydrogen (secondary N) is 1. The van der Waals surface area contributed by atoms with E-state index in [1.54, 1.807) is 24.3 Å². The third-order valence-electron chi connectivity index (χ3n) is 4.31. The van der Waals surface area contributed by atoms with Crippen molar-refractivity contribution in [2.45, 2.75) is 31.4 Å². The van der Waals surface area contributed by atoms with Crippen LogP contribution in [0.2, 0.25) is 5.02 Å². The van der Waals surface area contributed by atoms with E-state index in [9.17, 15) is 9.18 Å². The molecular formula is C18H17ClFNO2. The molecule has 120 valence electrons. The SMILES string of the molecule is O=C(NCc1ccc(F)c(CO)c1)C1(c2ccc(Cl)cc2)CC1. The molecule has 2 aromatic carbocycles. The summed E-state index contributed by atoms with van der Waals surface area (Å²) in [6, 6.07) is 11.8. The van der Waals surface area contributed by atoms with Crippen molar-refractivity contribution in [3.63, 3.8) is 0 Å². The average Bonchev–Trinajstić information content (AvgIpc) is 3.36. The van der Waals surface area contributed by atoms with Gasteiger partial charge in [-0.15, -0.1) is 0 Å². The lowest BCUT2D eigenvalue weighted by atomic mass is 9.95. The predicted octanol–water partition coefficient (Wildman–Crippen LogP) is 3.32. The van der Waals surface area contributed by atoms with E-state index < -0.39 is 11.2 Å². The van der Waals surface area contributed by atoms with Gasteiger partial charge in [0.05, 0.1) is 12.0 Å². The lowest BCUT2D eigenvalue weighted by Crippen LogP contribution is -2.34. The van der Waals surface area contributed by atoms with Crippen LogP contribution >= 0.6 is 11.6 Å². The quantitative estimate of drug-likeness (QED) is 0.882. The second kappa shape index (κ2) is 6.30. The minimum absolute atomic E-state index is 0.0327. The fourth-order valence-corrected chi connectivity index (χ4v) is 2.88. The Kier molecular flexibility index (Phi) is 4.37. The number of halogens is 2. The Bertz CT molecular complexity index is 726. The van der Waals surface area contributed by atoms with E-state index in [1.165, 1.54) is 6.07 Å². The Morgan fingerprint density at radius 2 is 1.91 bits per heavy atom. The summed E-state index contributed by atoms with van der Waals surface area (Å²) in [5, 5.41) is 12.6. The molecule has 1 aliphatic rings. The molecule has 0 aromatic heterocycles. The lowest BCUT2D eigenvalue weighted by Gasteiger charge is -2.16. The maximum Gasteiger partial charge on any atom is 0.230 e. The molecule has 0 radical (unpaired) electrons. The zero-order chi connectivity index (χ0) is 16.4. The molecule has 0 spiro atoms. The first-order valence-corrected chi connectivity index (χ1v) is 7.85. The van der Waals surface area contributed by atoms with E-state index in [0.29, 0.717) is 11.6 Å². The van der Waals surface area contributed by atoms with Gasteiger partial charge in [0, 0.05) is 17.1 Å². The van der Waals surface area contributed by atoms with Crippen LogP contribution in [0.15, 0.2) is 42.5 Å². The summed E-state index contributed by atoms with van der Waals surface area (Å²) in [5.74, 6) is -0.475. The normalized spacial score (nSPS) is 15.3. The molecule has 1 fully saturated rings. The number of aliphatic hydroxyl groups excluding tert-OH is 1. The first-order chi connectivity index (χ1) is 11.0. The Hall–Kier alpha value is -1.91. The van der Waals surface area contributed by atoms with E-state index >= 15 is 0 Å². The first kappa shape index (κ1) is 16.0. The van der Waals surface area contributed by atoms with Crippen molar-refractivity contribution in [1.29, 1.82) is 0 Å². The predicted molar refractivity (Wildman–Crippen MR) is 86.5 cm³/mol. The zero-order valence-electron chi connectivity index (χ0n) is 12.5. The number of hydrogen-bond donors (Lipinski definition) is 2. The van der Waals surface area contributed by atoms with Crippen molar-refractivity contribution in [3.05, 3.63) is 70.0 Å². The highest BCUT2D eigenvalue weighted by Crippen LogP contribution is 2.48. The van der Waals surface area contributed by atoms with E-state index in [0.717, 1.165) is 24.0 Å². The van der Waals surface area contributed by atoms with Crippen LogP contribution in [0.25, 0.3) is 0 Å². The highest BCUT2D eigenvalue weighted by atomic mass is 35.5. The van der Waals surface area contributed by atoms with E-state index in [1.807, 2.05) is 12.1 Å². The Morgan fingerprint density at radius 1 is 1.22 bits per heavy atom. The summed E-state index contributed by atoms with van der Waals surface area (Å²) in [6.07, 6.45) is 1.62.